The molecule has 2 fully saturated rings. The summed E-state index contributed by atoms with van der Waals surface area (Å²) < 4.78 is 1.02. The van der Waals surface area contributed by atoms with E-state index in [1.165, 1.54) is 0 Å². The minimum Gasteiger partial charge on any atom is -0.353 e. The van der Waals surface area contributed by atoms with Crippen LogP contribution >= 0.6 is 15.9 Å². The Morgan fingerprint density at radius 1 is 1.38 bits per heavy atom. The SMILES string of the molecule is Cc1cc(C(=O)N2CCC3NC(=O)CCC3C2)ccc1Br. The highest BCUT2D eigenvalue weighted by molar-refractivity contribution is 9.10. The number of rotatable bonds is 1. The van der Waals surface area contributed by atoms with Crippen molar-refractivity contribution in [2.24, 2.45) is 5.92 Å². The molecule has 2 aliphatic rings. The lowest BCUT2D eigenvalue weighted by atomic mass is 9.85. The molecule has 0 bridgehead atoms. The number of hydrogen-bond donors (Lipinski definition) is 1. The standard InChI is InChI=1S/C16H19BrN2O2/c1-10-8-11(2-4-13(10)17)16(21)19-7-6-14-12(9-19)3-5-15(20)18-14/h2,4,8,12,14H,3,5-7,9H2,1H3,(H,18,20). The Morgan fingerprint density at radius 3 is 2.95 bits per heavy atom. The zero-order valence-electron chi connectivity index (χ0n) is 12.1. The minimum absolute atomic E-state index is 0.0981. The van der Waals surface area contributed by atoms with Crippen LogP contribution in [0.4, 0.5) is 0 Å². The van der Waals surface area contributed by atoms with Gasteiger partial charge in [-0.1, -0.05) is 15.9 Å². The van der Waals surface area contributed by atoms with Gasteiger partial charge in [0.05, 0.1) is 0 Å². The number of amides is 2. The summed E-state index contributed by atoms with van der Waals surface area (Å²) in [5.41, 5.74) is 1.81. The van der Waals surface area contributed by atoms with Crippen molar-refractivity contribution in [2.45, 2.75) is 32.2 Å². The molecule has 1 aromatic rings. The Bertz CT molecular complexity index is 588. The van der Waals surface area contributed by atoms with E-state index in [0.717, 1.165) is 41.5 Å². The lowest BCUT2D eigenvalue weighted by molar-refractivity contribution is -0.125. The molecule has 2 amide bonds. The van der Waals surface area contributed by atoms with Gasteiger partial charge in [-0.15, -0.1) is 0 Å². The Morgan fingerprint density at radius 2 is 2.19 bits per heavy atom. The Kier molecular flexibility index (Phi) is 4.02. The summed E-state index contributed by atoms with van der Waals surface area (Å²) in [5.74, 6) is 0.650. The molecule has 2 saturated heterocycles. The molecule has 21 heavy (non-hydrogen) atoms. The number of aryl methyl sites for hydroxylation is 1. The van der Waals surface area contributed by atoms with Crippen molar-refractivity contribution in [1.82, 2.24) is 10.2 Å². The quantitative estimate of drug-likeness (QED) is 0.845. The molecule has 2 unspecified atom stereocenters. The monoisotopic (exact) mass is 350 g/mol. The molecule has 5 heteroatoms. The highest BCUT2D eigenvalue weighted by Gasteiger charge is 2.35. The summed E-state index contributed by atoms with van der Waals surface area (Å²) >= 11 is 3.46. The highest BCUT2D eigenvalue weighted by atomic mass is 79.9. The molecule has 0 aromatic heterocycles. The summed E-state index contributed by atoms with van der Waals surface area (Å²) in [7, 11) is 0. The van der Waals surface area contributed by atoms with Crippen molar-refractivity contribution in [2.75, 3.05) is 13.1 Å². The van der Waals surface area contributed by atoms with E-state index in [9.17, 15) is 9.59 Å². The Balaban J connectivity index is 1.71. The number of benzene rings is 1. The van der Waals surface area contributed by atoms with Gasteiger partial charge in [0.2, 0.25) is 5.91 Å². The fourth-order valence-electron chi connectivity index (χ4n) is 3.25. The maximum absolute atomic E-state index is 12.6. The largest absolute Gasteiger partial charge is 0.353 e. The third-order valence-electron chi connectivity index (χ3n) is 4.51. The molecular weight excluding hydrogens is 332 g/mol. The first-order chi connectivity index (χ1) is 10.0. The summed E-state index contributed by atoms with van der Waals surface area (Å²) in [6.45, 7) is 3.46. The first kappa shape index (κ1) is 14.6. The first-order valence-corrected chi connectivity index (χ1v) is 8.18. The molecule has 3 rings (SSSR count). The zero-order valence-corrected chi connectivity index (χ0v) is 13.6. The van der Waals surface area contributed by atoms with Crippen LogP contribution in [0.25, 0.3) is 0 Å². The smallest absolute Gasteiger partial charge is 0.253 e. The van der Waals surface area contributed by atoms with E-state index in [0.29, 0.717) is 12.3 Å². The predicted molar refractivity (Wildman–Crippen MR) is 84.1 cm³/mol. The molecule has 1 aromatic carbocycles. The first-order valence-electron chi connectivity index (χ1n) is 7.39. The van der Waals surface area contributed by atoms with Gasteiger partial charge >= 0.3 is 0 Å². The van der Waals surface area contributed by atoms with Crippen LogP contribution in [0, 0.1) is 12.8 Å². The van der Waals surface area contributed by atoms with E-state index >= 15 is 0 Å². The molecule has 0 saturated carbocycles. The van der Waals surface area contributed by atoms with Gasteiger partial charge in [-0.2, -0.15) is 0 Å². The number of likely N-dealkylation sites (tertiary alicyclic amines) is 1. The van der Waals surface area contributed by atoms with E-state index in [-0.39, 0.29) is 17.9 Å². The van der Waals surface area contributed by atoms with Crippen molar-refractivity contribution in [3.05, 3.63) is 33.8 Å². The normalized spacial score (nSPS) is 25.2. The van der Waals surface area contributed by atoms with Crippen molar-refractivity contribution >= 4 is 27.7 Å². The second kappa shape index (κ2) is 5.79. The van der Waals surface area contributed by atoms with Crippen LogP contribution in [0.5, 0.6) is 0 Å². The molecule has 0 spiro atoms. The molecule has 2 aliphatic heterocycles. The van der Waals surface area contributed by atoms with E-state index in [4.69, 9.17) is 0 Å². The fraction of sp³-hybridized carbons (Fsp3) is 0.500. The maximum Gasteiger partial charge on any atom is 0.253 e. The van der Waals surface area contributed by atoms with Gasteiger partial charge in [0.15, 0.2) is 0 Å². The van der Waals surface area contributed by atoms with Crippen LogP contribution < -0.4 is 5.32 Å². The minimum atomic E-state index is 0.0981. The number of hydrogen-bond acceptors (Lipinski definition) is 2. The van der Waals surface area contributed by atoms with Gasteiger partial charge in [-0.3, -0.25) is 9.59 Å². The number of nitrogens with zero attached hydrogens (tertiary/aromatic N) is 1. The summed E-state index contributed by atoms with van der Waals surface area (Å²) in [6, 6.07) is 5.98. The lowest BCUT2D eigenvalue weighted by Gasteiger charge is -2.41. The molecule has 0 aliphatic carbocycles. The van der Waals surface area contributed by atoms with Crippen molar-refractivity contribution < 1.29 is 9.59 Å². The van der Waals surface area contributed by atoms with Crippen molar-refractivity contribution in [1.29, 1.82) is 0 Å². The average Bonchev–Trinajstić information content (AvgIpc) is 2.49. The second-order valence-corrected chi connectivity index (χ2v) is 6.83. The number of carbonyl (C=O) groups is 2. The third kappa shape index (κ3) is 2.98. The number of carbonyl (C=O) groups excluding carboxylic acids is 2. The van der Waals surface area contributed by atoms with Gasteiger partial charge < -0.3 is 10.2 Å². The van der Waals surface area contributed by atoms with Crippen molar-refractivity contribution in [3.63, 3.8) is 0 Å². The third-order valence-corrected chi connectivity index (χ3v) is 5.40. The highest BCUT2D eigenvalue weighted by Crippen LogP contribution is 2.27. The molecule has 4 nitrogen and oxygen atoms in total. The number of halogens is 1. The fourth-order valence-corrected chi connectivity index (χ4v) is 3.50. The Labute approximate surface area is 133 Å². The number of fused-ring (bicyclic) bond motifs is 1. The maximum atomic E-state index is 12.6. The van der Waals surface area contributed by atoms with Gasteiger partial charge in [0.25, 0.3) is 5.91 Å². The topological polar surface area (TPSA) is 49.4 Å². The number of nitrogens with one attached hydrogen (secondary N) is 1. The molecule has 0 radical (unpaired) electrons. The summed E-state index contributed by atoms with van der Waals surface area (Å²) in [6.07, 6.45) is 2.33. The molecular formula is C16H19BrN2O2. The van der Waals surface area contributed by atoms with Gasteiger partial charge in [-0.25, -0.2) is 0 Å². The molecule has 1 N–H and O–H groups in total. The van der Waals surface area contributed by atoms with Crippen LogP contribution in [0.1, 0.15) is 35.2 Å². The van der Waals surface area contributed by atoms with Crippen molar-refractivity contribution in [3.8, 4) is 0 Å². The van der Waals surface area contributed by atoms with E-state index < -0.39 is 0 Å². The average molecular weight is 351 g/mol. The Hall–Kier alpha value is -1.36. The lowest BCUT2D eigenvalue weighted by Crippen LogP contribution is -2.55. The molecule has 2 atom stereocenters. The second-order valence-electron chi connectivity index (χ2n) is 5.98. The van der Waals surface area contributed by atoms with Gasteiger partial charge in [0, 0.05) is 35.6 Å². The molecule has 2 heterocycles. The summed E-state index contributed by atoms with van der Waals surface area (Å²) in [4.78, 5) is 26.0. The van der Waals surface area contributed by atoms with Crippen LogP contribution in [0.3, 0.4) is 0 Å². The predicted octanol–water partition coefficient (Wildman–Crippen LogP) is 2.50. The van der Waals surface area contributed by atoms with E-state index in [1.807, 2.05) is 30.0 Å². The summed E-state index contributed by atoms with van der Waals surface area (Å²) in [5, 5.41) is 3.05. The molecule has 112 valence electrons. The van der Waals surface area contributed by atoms with Crippen LogP contribution in [0.15, 0.2) is 22.7 Å². The zero-order chi connectivity index (χ0) is 15.0. The van der Waals surface area contributed by atoms with E-state index in [2.05, 4.69) is 21.2 Å². The van der Waals surface area contributed by atoms with Crippen LogP contribution in [-0.2, 0) is 4.79 Å². The van der Waals surface area contributed by atoms with Crippen LogP contribution in [0.2, 0.25) is 0 Å². The van der Waals surface area contributed by atoms with E-state index in [1.54, 1.807) is 0 Å². The number of piperidine rings is 2. The van der Waals surface area contributed by atoms with Gasteiger partial charge in [0.1, 0.15) is 0 Å². The van der Waals surface area contributed by atoms with Gasteiger partial charge in [-0.05, 0) is 49.4 Å². The van der Waals surface area contributed by atoms with Crippen LogP contribution in [-0.4, -0.2) is 35.8 Å².